The van der Waals surface area contributed by atoms with Crippen LogP contribution in [0.4, 0.5) is 0 Å². The van der Waals surface area contributed by atoms with E-state index < -0.39 is 0 Å². The topological polar surface area (TPSA) is 46.2 Å². The highest BCUT2D eigenvalue weighted by atomic mass is 35.5. The molecule has 2 rings (SSSR count). The van der Waals surface area contributed by atoms with Crippen molar-refractivity contribution in [3.63, 3.8) is 0 Å². The number of ketones is 1. The van der Waals surface area contributed by atoms with E-state index in [0.29, 0.717) is 5.02 Å². The van der Waals surface area contributed by atoms with Crippen LogP contribution in [0.25, 0.3) is 0 Å². The van der Waals surface area contributed by atoms with E-state index in [1.807, 2.05) is 50.2 Å². The molecular formula is C18H20ClNO2S. The molecule has 1 heterocycles. The van der Waals surface area contributed by atoms with Gasteiger partial charge in [0, 0.05) is 22.7 Å². The number of carbonyl (C=O) groups excluding carboxylic acids is 2. The number of rotatable bonds is 7. The molecule has 0 radical (unpaired) electrons. The van der Waals surface area contributed by atoms with E-state index >= 15 is 0 Å². The van der Waals surface area contributed by atoms with E-state index in [4.69, 9.17) is 11.6 Å². The third-order valence-electron chi connectivity index (χ3n) is 3.61. The smallest absolute Gasteiger partial charge is 0.220 e. The van der Waals surface area contributed by atoms with Crippen LogP contribution in [0.3, 0.4) is 0 Å². The van der Waals surface area contributed by atoms with Crippen LogP contribution in [0.5, 0.6) is 0 Å². The molecule has 0 saturated heterocycles. The number of benzene rings is 1. The number of aryl methyl sites for hydroxylation is 1. The monoisotopic (exact) mass is 349 g/mol. The third-order valence-corrected chi connectivity index (χ3v) is 4.90. The Morgan fingerprint density at radius 2 is 1.83 bits per heavy atom. The molecule has 2 aromatic rings. The lowest BCUT2D eigenvalue weighted by molar-refractivity contribution is -0.121. The van der Waals surface area contributed by atoms with Crippen LogP contribution in [0, 0.1) is 6.92 Å². The molecule has 0 spiro atoms. The summed E-state index contributed by atoms with van der Waals surface area (Å²) in [4.78, 5) is 26.0. The zero-order chi connectivity index (χ0) is 16.8. The van der Waals surface area contributed by atoms with Crippen LogP contribution >= 0.6 is 22.9 Å². The van der Waals surface area contributed by atoms with Gasteiger partial charge in [-0.1, -0.05) is 30.7 Å². The summed E-state index contributed by atoms with van der Waals surface area (Å²) in [6.45, 7) is 3.98. The van der Waals surface area contributed by atoms with Crippen LogP contribution in [-0.2, 0) is 4.79 Å². The SMILES string of the molecule is CCC(NC(=O)CCC(=O)c1ccc(C)s1)c1ccc(Cl)cc1. The van der Waals surface area contributed by atoms with E-state index in [9.17, 15) is 9.59 Å². The summed E-state index contributed by atoms with van der Waals surface area (Å²) in [6.07, 6.45) is 1.23. The van der Waals surface area contributed by atoms with Crippen molar-refractivity contribution in [3.05, 3.63) is 56.7 Å². The molecule has 1 amide bonds. The minimum atomic E-state index is -0.103. The first-order chi connectivity index (χ1) is 11.0. The third kappa shape index (κ3) is 5.19. The molecule has 1 N–H and O–H groups in total. The molecule has 3 nitrogen and oxygen atoms in total. The van der Waals surface area contributed by atoms with Gasteiger partial charge in [-0.25, -0.2) is 0 Å². The average Bonchev–Trinajstić information content (AvgIpc) is 2.98. The minimum Gasteiger partial charge on any atom is -0.349 e. The van der Waals surface area contributed by atoms with Gasteiger partial charge in [0.1, 0.15) is 0 Å². The molecule has 0 aliphatic carbocycles. The van der Waals surface area contributed by atoms with Gasteiger partial charge in [0.05, 0.1) is 10.9 Å². The maximum Gasteiger partial charge on any atom is 0.220 e. The molecule has 1 aromatic carbocycles. The molecule has 23 heavy (non-hydrogen) atoms. The van der Waals surface area contributed by atoms with Gasteiger partial charge in [0.25, 0.3) is 0 Å². The van der Waals surface area contributed by atoms with Crippen molar-refractivity contribution in [2.75, 3.05) is 0 Å². The molecule has 1 atom stereocenters. The second kappa shape index (κ2) is 8.27. The van der Waals surface area contributed by atoms with Gasteiger partial charge in [-0.15, -0.1) is 11.3 Å². The summed E-state index contributed by atoms with van der Waals surface area (Å²) in [6, 6.07) is 11.1. The second-order valence-corrected chi connectivity index (χ2v) is 7.14. The van der Waals surface area contributed by atoms with Gasteiger partial charge >= 0.3 is 0 Å². The van der Waals surface area contributed by atoms with Crippen LogP contribution in [0.1, 0.15) is 52.3 Å². The van der Waals surface area contributed by atoms with Crippen LogP contribution in [0.15, 0.2) is 36.4 Å². The van der Waals surface area contributed by atoms with E-state index in [1.54, 1.807) is 0 Å². The van der Waals surface area contributed by atoms with Crippen LogP contribution in [-0.4, -0.2) is 11.7 Å². The number of carbonyl (C=O) groups is 2. The van der Waals surface area contributed by atoms with Crippen LogP contribution in [0.2, 0.25) is 5.02 Å². The highest BCUT2D eigenvalue weighted by molar-refractivity contribution is 7.14. The number of amides is 1. The van der Waals surface area contributed by atoms with Crippen molar-refractivity contribution >= 4 is 34.6 Å². The first kappa shape index (κ1) is 17.7. The van der Waals surface area contributed by atoms with Gasteiger partial charge < -0.3 is 5.32 Å². The average molecular weight is 350 g/mol. The Bertz CT molecular complexity index is 679. The summed E-state index contributed by atoms with van der Waals surface area (Å²) >= 11 is 7.36. The first-order valence-electron chi connectivity index (χ1n) is 7.64. The van der Waals surface area contributed by atoms with E-state index in [1.165, 1.54) is 11.3 Å². The largest absolute Gasteiger partial charge is 0.349 e. The normalized spacial score (nSPS) is 12.0. The molecule has 0 saturated carbocycles. The van der Waals surface area contributed by atoms with Gasteiger partial charge in [-0.3, -0.25) is 9.59 Å². The fourth-order valence-corrected chi connectivity index (χ4v) is 3.28. The summed E-state index contributed by atoms with van der Waals surface area (Å²) in [7, 11) is 0. The Labute approximate surface area is 145 Å². The minimum absolute atomic E-state index is 0.0257. The predicted molar refractivity (Wildman–Crippen MR) is 95.2 cm³/mol. The van der Waals surface area contributed by atoms with Crippen molar-refractivity contribution in [2.24, 2.45) is 0 Å². The zero-order valence-electron chi connectivity index (χ0n) is 13.3. The lowest BCUT2D eigenvalue weighted by Crippen LogP contribution is -2.28. The standard InChI is InChI=1S/C18H20ClNO2S/c1-3-15(13-5-7-14(19)8-6-13)20-18(22)11-9-16(21)17-10-4-12(2)23-17/h4-8,10,15H,3,9,11H2,1-2H3,(H,20,22). The first-order valence-corrected chi connectivity index (χ1v) is 8.83. The van der Waals surface area contributed by atoms with E-state index in [2.05, 4.69) is 5.32 Å². The van der Waals surface area contributed by atoms with Gasteiger partial charge in [-0.2, -0.15) is 0 Å². The fraction of sp³-hybridized carbons (Fsp3) is 0.333. The Hall–Kier alpha value is -1.65. The Balaban J connectivity index is 1.87. The number of thiophene rings is 1. The molecule has 1 unspecified atom stereocenters. The van der Waals surface area contributed by atoms with E-state index in [0.717, 1.165) is 21.7 Å². The summed E-state index contributed by atoms with van der Waals surface area (Å²) in [5.74, 6) is -0.0776. The van der Waals surface area contributed by atoms with Crippen molar-refractivity contribution in [1.29, 1.82) is 0 Å². The zero-order valence-corrected chi connectivity index (χ0v) is 14.8. The number of hydrogen-bond donors (Lipinski definition) is 1. The lowest BCUT2D eigenvalue weighted by Gasteiger charge is -2.17. The number of nitrogens with one attached hydrogen (secondary N) is 1. The maximum atomic E-state index is 12.1. The molecule has 1 aromatic heterocycles. The molecule has 122 valence electrons. The highest BCUT2D eigenvalue weighted by Crippen LogP contribution is 2.20. The second-order valence-electron chi connectivity index (χ2n) is 5.41. The summed E-state index contributed by atoms with van der Waals surface area (Å²) in [5.41, 5.74) is 1.02. The van der Waals surface area contributed by atoms with Crippen LogP contribution < -0.4 is 5.32 Å². The maximum absolute atomic E-state index is 12.1. The van der Waals surface area contributed by atoms with Crippen molar-refractivity contribution in [1.82, 2.24) is 5.32 Å². The van der Waals surface area contributed by atoms with Gasteiger partial charge in [0.2, 0.25) is 5.91 Å². The molecule has 0 aliphatic heterocycles. The molecule has 0 aliphatic rings. The number of halogens is 1. The van der Waals surface area contributed by atoms with Gasteiger partial charge in [-0.05, 0) is 43.2 Å². The Morgan fingerprint density at radius 3 is 2.39 bits per heavy atom. The summed E-state index contributed by atoms with van der Waals surface area (Å²) in [5, 5.41) is 3.66. The molecule has 0 bridgehead atoms. The lowest BCUT2D eigenvalue weighted by atomic mass is 10.0. The Morgan fingerprint density at radius 1 is 1.13 bits per heavy atom. The Kier molecular flexibility index (Phi) is 6.37. The summed E-state index contributed by atoms with van der Waals surface area (Å²) < 4.78 is 0. The number of Topliss-reactive ketones (excluding diaryl/α,β-unsaturated/α-hetero) is 1. The molecule has 5 heteroatoms. The molecular weight excluding hydrogens is 330 g/mol. The van der Waals surface area contributed by atoms with E-state index in [-0.39, 0.29) is 30.6 Å². The van der Waals surface area contributed by atoms with Crippen molar-refractivity contribution in [3.8, 4) is 0 Å². The van der Waals surface area contributed by atoms with Gasteiger partial charge in [0.15, 0.2) is 5.78 Å². The van der Waals surface area contributed by atoms with Crippen molar-refractivity contribution in [2.45, 2.75) is 39.2 Å². The highest BCUT2D eigenvalue weighted by Gasteiger charge is 2.15. The number of hydrogen-bond acceptors (Lipinski definition) is 3. The molecule has 0 fully saturated rings. The quantitative estimate of drug-likeness (QED) is 0.719. The fourth-order valence-electron chi connectivity index (χ4n) is 2.32. The van der Waals surface area contributed by atoms with Crippen molar-refractivity contribution < 1.29 is 9.59 Å². The predicted octanol–water partition coefficient (Wildman–Crippen LogP) is 4.94.